The topological polar surface area (TPSA) is 74.2 Å². The maximum atomic E-state index is 12.6. The number of nitrogens with zero attached hydrogens (tertiary/aromatic N) is 4. The van der Waals surface area contributed by atoms with Gasteiger partial charge >= 0.3 is 0 Å². The summed E-state index contributed by atoms with van der Waals surface area (Å²) in [5, 5.41) is 0. The van der Waals surface area contributed by atoms with Crippen LogP contribution in [0.2, 0.25) is 0 Å². The first kappa shape index (κ1) is 14.5. The average molecular weight is 301 g/mol. The van der Waals surface area contributed by atoms with E-state index in [1.165, 1.54) is 12.3 Å². The van der Waals surface area contributed by atoms with Crippen LogP contribution in [-0.2, 0) is 7.05 Å². The van der Waals surface area contributed by atoms with Crippen LogP contribution in [-0.4, -0.2) is 56.9 Å². The second-order valence-corrected chi connectivity index (χ2v) is 5.59. The summed E-state index contributed by atoms with van der Waals surface area (Å²) in [6.07, 6.45) is 5.15. The van der Waals surface area contributed by atoms with Gasteiger partial charge in [-0.05, 0) is 13.1 Å². The Bertz CT molecular complexity index is 715. The maximum Gasteiger partial charge on any atom is 0.255 e. The lowest BCUT2D eigenvalue weighted by atomic mass is 10.1. The number of piperazine rings is 1. The first-order valence-electron chi connectivity index (χ1n) is 7.22. The molecule has 7 heteroatoms. The quantitative estimate of drug-likeness (QED) is 0.862. The van der Waals surface area contributed by atoms with Crippen molar-refractivity contribution < 1.29 is 4.79 Å². The molecule has 1 aliphatic heterocycles. The zero-order chi connectivity index (χ0) is 15.7. The summed E-state index contributed by atoms with van der Waals surface area (Å²) in [6, 6.07) is 3.01. The second-order valence-electron chi connectivity index (χ2n) is 5.59. The minimum Gasteiger partial charge on any atom is -0.337 e. The third-order valence-corrected chi connectivity index (χ3v) is 4.12. The molecule has 0 bridgehead atoms. The van der Waals surface area contributed by atoms with Crippen LogP contribution < -0.4 is 5.56 Å². The molecule has 1 fully saturated rings. The van der Waals surface area contributed by atoms with Gasteiger partial charge in [0.25, 0.3) is 5.91 Å². The number of nitrogens with one attached hydrogen (secondary N) is 1. The number of pyridine rings is 1. The fraction of sp³-hybridized carbons (Fsp3) is 0.400. The van der Waals surface area contributed by atoms with Crippen molar-refractivity contribution in [2.24, 2.45) is 7.05 Å². The van der Waals surface area contributed by atoms with Gasteiger partial charge in [-0.3, -0.25) is 14.5 Å². The highest BCUT2D eigenvalue weighted by molar-refractivity contribution is 5.94. The number of carbonyl (C=O) groups is 1. The highest BCUT2D eigenvalue weighted by Crippen LogP contribution is 2.23. The van der Waals surface area contributed by atoms with Crippen LogP contribution in [0.3, 0.4) is 0 Å². The van der Waals surface area contributed by atoms with Gasteiger partial charge in [0.05, 0.1) is 11.6 Å². The van der Waals surface area contributed by atoms with Crippen molar-refractivity contribution in [1.29, 1.82) is 0 Å². The summed E-state index contributed by atoms with van der Waals surface area (Å²) in [7, 11) is 4.00. The summed E-state index contributed by atoms with van der Waals surface area (Å²) in [5.74, 6) is 0.880. The Labute approximate surface area is 128 Å². The van der Waals surface area contributed by atoms with Crippen LogP contribution in [0.5, 0.6) is 0 Å². The van der Waals surface area contributed by atoms with Gasteiger partial charge in [0.1, 0.15) is 5.82 Å². The zero-order valence-corrected chi connectivity index (χ0v) is 12.7. The number of likely N-dealkylation sites (N-methyl/N-ethyl adjacent to an activating group) is 1. The van der Waals surface area contributed by atoms with Crippen LogP contribution in [0.1, 0.15) is 22.2 Å². The Kier molecular flexibility index (Phi) is 3.81. The molecule has 3 heterocycles. The molecule has 3 rings (SSSR count). The van der Waals surface area contributed by atoms with E-state index in [4.69, 9.17) is 0 Å². The third-order valence-electron chi connectivity index (χ3n) is 4.12. The molecule has 0 aliphatic carbocycles. The van der Waals surface area contributed by atoms with Gasteiger partial charge in [-0.15, -0.1) is 0 Å². The van der Waals surface area contributed by atoms with E-state index in [1.54, 1.807) is 12.3 Å². The predicted molar refractivity (Wildman–Crippen MR) is 81.5 cm³/mol. The molecule has 0 radical (unpaired) electrons. The van der Waals surface area contributed by atoms with E-state index < -0.39 is 0 Å². The predicted octanol–water partition coefficient (Wildman–Crippen LogP) is 0.237. The smallest absolute Gasteiger partial charge is 0.255 e. The number of rotatable bonds is 2. The highest BCUT2D eigenvalue weighted by atomic mass is 16.2. The fourth-order valence-electron chi connectivity index (χ4n) is 2.76. The van der Waals surface area contributed by atoms with E-state index in [9.17, 15) is 9.59 Å². The van der Waals surface area contributed by atoms with E-state index in [2.05, 4.69) is 14.9 Å². The zero-order valence-electron chi connectivity index (χ0n) is 12.7. The minimum absolute atomic E-state index is 0.0661. The van der Waals surface area contributed by atoms with Gasteiger partial charge in [0, 0.05) is 51.3 Å². The van der Waals surface area contributed by atoms with Crippen LogP contribution in [0, 0.1) is 0 Å². The molecule has 0 saturated carbocycles. The van der Waals surface area contributed by atoms with Gasteiger partial charge in [-0.2, -0.15) is 0 Å². The Morgan fingerprint density at radius 1 is 1.32 bits per heavy atom. The van der Waals surface area contributed by atoms with Gasteiger partial charge in [-0.1, -0.05) is 0 Å². The molecule has 1 N–H and O–H groups in total. The molecule has 1 amide bonds. The van der Waals surface area contributed by atoms with Crippen LogP contribution in [0.25, 0.3) is 0 Å². The second kappa shape index (κ2) is 5.76. The van der Waals surface area contributed by atoms with E-state index >= 15 is 0 Å². The van der Waals surface area contributed by atoms with Crippen molar-refractivity contribution in [3.05, 3.63) is 52.5 Å². The standard InChI is InChI=1S/C15H19N5O2/c1-18-7-8-20(10-12(18)14-16-5-6-19(14)2)15(22)11-3-4-13(21)17-9-11/h3-6,9,12H,7-8,10H2,1-2H3,(H,17,21). The summed E-state index contributed by atoms with van der Waals surface area (Å²) >= 11 is 0. The van der Waals surface area contributed by atoms with Crippen molar-refractivity contribution in [3.63, 3.8) is 0 Å². The number of hydrogen-bond acceptors (Lipinski definition) is 4. The lowest BCUT2D eigenvalue weighted by Crippen LogP contribution is -2.49. The summed E-state index contributed by atoms with van der Waals surface area (Å²) < 4.78 is 1.98. The molecular formula is C15H19N5O2. The molecule has 1 atom stereocenters. The maximum absolute atomic E-state index is 12.6. The van der Waals surface area contributed by atoms with E-state index in [0.29, 0.717) is 18.7 Å². The van der Waals surface area contributed by atoms with Gasteiger partial charge in [0.15, 0.2) is 0 Å². The van der Waals surface area contributed by atoms with Gasteiger partial charge in [-0.25, -0.2) is 4.98 Å². The lowest BCUT2D eigenvalue weighted by molar-refractivity contribution is 0.0528. The first-order valence-corrected chi connectivity index (χ1v) is 7.22. The number of hydrogen-bond donors (Lipinski definition) is 1. The molecule has 1 saturated heterocycles. The van der Waals surface area contributed by atoms with Crippen LogP contribution >= 0.6 is 0 Å². The van der Waals surface area contributed by atoms with Gasteiger partial charge < -0.3 is 14.5 Å². The lowest BCUT2D eigenvalue weighted by Gasteiger charge is -2.39. The molecule has 7 nitrogen and oxygen atoms in total. The molecule has 1 aliphatic rings. The molecule has 116 valence electrons. The number of imidazole rings is 1. The average Bonchev–Trinajstić information content (AvgIpc) is 2.94. The Morgan fingerprint density at radius 3 is 2.77 bits per heavy atom. The SMILES string of the molecule is CN1CCN(C(=O)c2ccc(=O)[nH]c2)CC1c1nccn1C. The Morgan fingerprint density at radius 2 is 2.14 bits per heavy atom. The largest absolute Gasteiger partial charge is 0.337 e. The van der Waals surface area contributed by atoms with E-state index in [0.717, 1.165) is 12.4 Å². The number of H-pyrrole nitrogens is 1. The molecular weight excluding hydrogens is 282 g/mol. The fourth-order valence-corrected chi connectivity index (χ4v) is 2.76. The molecule has 2 aromatic heterocycles. The van der Waals surface area contributed by atoms with Crippen LogP contribution in [0.4, 0.5) is 0 Å². The van der Waals surface area contributed by atoms with E-state index in [1.807, 2.05) is 29.8 Å². The summed E-state index contributed by atoms with van der Waals surface area (Å²) in [6.45, 7) is 2.03. The number of amides is 1. The van der Waals surface area contributed by atoms with E-state index in [-0.39, 0.29) is 17.5 Å². The normalized spacial score (nSPS) is 19.4. The molecule has 2 aromatic rings. The van der Waals surface area contributed by atoms with Crippen molar-refractivity contribution >= 4 is 5.91 Å². The summed E-state index contributed by atoms with van der Waals surface area (Å²) in [5.41, 5.74) is 0.295. The van der Waals surface area contributed by atoms with Crippen molar-refractivity contribution in [3.8, 4) is 0 Å². The van der Waals surface area contributed by atoms with Gasteiger partial charge in [0.2, 0.25) is 5.56 Å². The number of carbonyl (C=O) groups excluding carboxylic acids is 1. The number of aromatic amines is 1. The third kappa shape index (κ3) is 2.67. The Hall–Kier alpha value is -2.41. The van der Waals surface area contributed by atoms with Crippen molar-refractivity contribution in [2.45, 2.75) is 6.04 Å². The molecule has 1 unspecified atom stereocenters. The Balaban J connectivity index is 1.81. The molecule has 0 aromatic carbocycles. The summed E-state index contributed by atoms with van der Waals surface area (Å²) in [4.78, 5) is 34.7. The first-order chi connectivity index (χ1) is 10.6. The number of aromatic nitrogens is 3. The molecule has 0 spiro atoms. The van der Waals surface area contributed by atoms with Crippen LogP contribution in [0.15, 0.2) is 35.5 Å². The molecule has 22 heavy (non-hydrogen) atoms. The van der Waals surface area contributed by atoms with Crippen molar-refractivity contribution in [2.75, 3.05) is 26.7 Å². The highest BCUT2D eigenvalue weighted by Gasteiger charge is 2.31. The number of aryl methyl sites for hydroxylation is 1. The minimum atomic E-state index is -0.208. The monoisotopic (exact) mass is 301 g/mol. The van der Waals surface area contributed by atoms with Crippen molar-refractivity contribution in [1.82, 2.24) is 24.3 Å².